The van der Waals surface area contributed by atoms with E-state index in [0.717, 1.165) is 30.3 Å². The zero-order chi connectivity index (χ0) is 27.1. The molecule has 1 aliphatic heterocycles. The van der Waals surface area contributed by atoms with Gasteiger partial charge < -0.3 is 14.6 Å². The average Bonchev–Trinajstić information content (AvgIpc) is 3.50. The quantitative estimate of drug-likeness (QED) is 0.410. The van der Waals surface area contributed by atoms with Gasteiger partial charge in [-0.25, -0.2) is 4.39 Å². The molecule has 38 heavy (non-hydrogen) atoms. The smallest absolute Gasteiger partial charge is 0.381 e. The first-order chi connectivity index (χ1) is 18.1. The largest absolute Gasteiger partial charge is 0.418 e. The Labute approximate surface area is 219 Å². The second-order valence-electron chi connectivity index (χ2n) is 10.4. The average molecular weight is 533 g/mol. The fourth-order valence-corrected chi connectivity index (χ4v) is 5.69. The van der Waals surface area contributed by atoms with Crippen molar-refractivity contribution in [3.05, 3.63) is 71.1 Å². The molecular formula is C27H32F4N6O. The van der Waals surface area contributed by atoms with E-state index in [9.17, 15) is 17.6 Å². The lowest BCUT2D eigenvalue weighted by atomic mass is 9.62. The number of hydrogen-bond acceptors (Lipinski definition) is 6. The van der Waals surface area contributed by atoms with Crippen LogP contribution in [-0.4, -0.2) is 57.1 Å². The minimum absolute atomic E-state index is 0.0882. The highest BCUT2D eigenvalue weighted by Gasteiger charge is 2.50. The number of nitrogens with zero attached hydrogens (tertiary/aromatic N) is 5. The zero-order valence-corrected chi connectivity index (χ0v) is 21.7. The van der Waals surface area contributed by atoms with Crippen LogP contribution in [0.15, 0.2) is 42.9 Å². The van der Waals surface area contributed by atoms with Crippen LogP contribution in [0.4, 0.5) is 23.2 Å². The second-order valence-corrected chi connectivity index (χ2v) is 10.4. The number of benzene rings is 1. The molecule has 2 aromatic heterocycles. The van der Waals surface area contributed by atoms with Gasteiger partial charge in [0, 0.05) is 45.2 Å². The van der Waals surface area contributed by atoms with E-state index >= 15 is 0 Å². The van der Waals surface area contributed by atoms with Crippen LogP contribution in [-0.2, 0) is 29.9 Å². The van der Waals surface area contributed by atoms with Crippen molar-refractivity contribution < 1.29 is 22.3 Å². The Balaban J connectivity index is 1.37. The topological polar surface area (TPSA) is 68.1 Å². The minimum atomic E-state index is -4.56. The summed E-state index contributed by atoms with van der Waals surface area (Å²) in [5.41, 5.74) is 0.861. The molecule has 2 fully saturated rings. The highest BCUT2D eigenvalue weighted by Crippen LogP contribution is 2.49. The Morgan fingerprint density at radius 1 is 1.24 bits per heavy atom. The predicted molar refractivity (Wildman–Crippen MR) is 134 cm³/mol. The monoisotopic (exact) mass is 532 g/mol. The Morgan fingerprint density at radius 2 is 2.03 bits per heavy atom. The van der Waals surface area contributed by atoms with E-state index in [-0.39, 0.29) is 36.3 Å². The summed E-state index contributed by atoms with van der Waals surface area (Å²) >= 11 is 0. The van der Waals surface area contributed by atoms with Gasteiger partial charge >= 0.3 is 6.18 Å². The predicted octanol–water partition coefficient (Wildman–Crippen LogP) is 5.04. The lowest BCUT2D eigenvalue weighted by molar-refractivity contribution is -0.138. The first-order valence-electron chi connectivity index (χ1n) is 12.8. The van der Waals surface area contributed by atoms with Crippen molar-refractivity contribution in [1.82, 2.24) is 24.6 Å². The van der Waals surface area contributed by atoms with E-state index in [1.807, 2.05) is 40.8 Å². The summed E-state index contributed by atoms with van der Waals surface area (Å²) in [5.74, 6) is 0.825. The second kappa shape index (κ2) is 10.3. The SMILES string of the molecule is COC1CC(c2cccc(NCc3ncc(C(C)N4CC[C@@H](F)C4)cc3C(F)(F)F)c2)(c2nncn2C)C1. The summed E-state index contributed by atoms with van der Waals surface area (Å²) in [4.78, 5) is 6.06. The number of hydrogen-bond donors (Lipinski definition) is 1. The van der Waals surface area contributed by atoms with Gasteiger partial charge in [0.05, 0.1) is 29.3 Å². The maximum Gasteiger partial charge on any atom is 0.418 e. The molecule has 0 bridgehead atoms. The Kier molecular flexibility index (Phi) is 7.17. The first kappa shape index (κ1) is 26.6. The maximum atomic E-state index is 14.0. The summed E-state index contributed by atoms with van der Waals surface area (Å²) in [7, 11) is 3.58. The number of methoxy groups -OCH3 is 1. The summed E-state index contributed by atoms with van der Waals surface area (Å²) in [6.45, 7) is 2.44. The van der Waals surface area contributed by atoms with E-state index in [1.165, 1.54) is 6.20 Å². The number of anilines is 1. The summed E-state index contributed by atoms with van der Waals surface area (Å²) in [6.07, 6.45) is -0.410. The molecule has 0 radical (unpaired) electrons. The van der Waals surface area contributed by atoms with Gasteiger partial charge in [-0.05, 0) is 55.5 Å². The molecule has 1 saturated heterocycles. The number of ether oxygens (including phenoxy) is 1. The van der Waals surface area contributed by atoms with E-state index in [4.69, 9.17) is 4.74 Å². The van der Waals surface area contributed by atoms with Crippen LogP contribution in [0.3, 0.4) is 0 Å². The van der Waals surface area contributed by atoms with E-state index in [0.29, 0.717) is 24.2 Å². The van der Waals surface area contributed by atoms with Crippen LogP contribution in [0.2, 0.25) is 0 Å². The van der Waals surface area contributed by atoms with Crippen molar-refractivity contribution in [2.75, 3.05) is 25.5 Å². The fraction of sp³-hybridized carbons (Fsp3) is 0.519. The van der Waals surface area contributed by atoms with Crippen molar-refractivity contribution in [3.63, 3.8) is 0 Å². The van der Waals surface area contributed by atoms with E-state index in [2.05, 4.69) is 20.5 Å². The molecule has 1 unspecified atom stereocenters. The summed E-state index contributed by atoms with van der Waals surface area (Å²) in [5, 5.41) is 11.5. The van der Waals surface area contributed by atoms with Crippen molar-refractivity contribution in [2.45, 2.75) is 62.6 Å². The van der Waals surface area contributed by atoms with Crippen LogP contribution in [0.25, 0.3) is 0 Å². The molecule has 3 aromatic rings. The number of aromatic nitrogens is 4. The molecule has 1 N–H and O–H groups in total. The maximum absolute atomic E-state index is 14.0. The Bertz CT molecular complexity index is 1270. The summed E-state index contributed by atoms with van der Waals surface area (Å²) in [6, 6.07) is 8.46. The molecular weight excluding hydrogens is 500 g/mol. The molecule has 11 heteroatoms. The number of likely N-dealkylation sites (tertiary alicyclic amines) is 1. The van der Waals surface area contributed by atoms with Gasteiger partial charge in [-0.15, -0.1) is 10.2 Å². The van der Waals surface area contributed by atoms with Crippen molar-refractivity contribution >= 4 is 5.69 Å². The molecule has 204 valence electrons. The normalized spacial score (nSPS) is 24.8. The van der Waals surface area contributed by atoms with Gasteiger partial charge in [0.2, 0.25) is 0 Å². The lowest BCUT2D eigenvalue weighted by Crippen LogP contribution is -2.48. The molecule has 3 heterocycles. The number of alkyl halides is 4. The lowest BCUT2D eigenvalue weighted by Gasteiger charge is -2.46. The van der Waals surface area contributed by atoms with Gasteiger partial charge in [0.15, 0.2) is 0 Å². The van der Waals surface area contributed by atoms with Gasteiger partial charge in [-0.2, -0.15) is 13.2 Å². The van der Waals surface area contributed by atoms with Gasteiger partial charge in [-0.3, -0.25) is 9.88 Å². The van der Waals surface area contributed by atoms with Crippen LogP contribution in [0.5, 0.6) is 0 Å². The van der Waals surface area contributed by atoms with E-state index < -0.39 is 17.9 Å². The Hall–Kier alpha value is -3.05. The molecule has 7 nitrogen and oxygen atoms in total. The van der Waals surface area contributed by atoms with Gasteiger partial charge in [0.1, 0.15) is 18.3 Å². The highest BCUT2D eigenvalue weighted by atomic mass is 19.4. The molecule has 2 aliphatic rings. The molecule has 0 amide bonds. The highest BCUT2D eigenvalue weighted by molar-refractivity contribution is 5.51. The van der Waals surface area contributed by atoms with Crippen LogP contribution in [0.1, 0.15) is 60.4 Å². The minimum Gasteiger partial charge on any atom is -0.381 e. The molecule has 1 aliphatic carbocycles. The molecule has 2 atom stereocenters. The number of halogens is 4. The summed E-state index contributed by atoms with van der Waals surface area (Å²) < 4.78 is 63.2. The standard InChI is InChI=1S/C27H32F4N6O/c1-17(37-8-7-20(28)15-37)18-9-23(27(29,30)31)24(33-13-18)14-32-21-6-4-5-19(10-21)26(11-22(12-26)38-3)25-35-34-16-36(25)2/h4-6,9-10,13,16-17,20,22,32H,7-8,11-12,14-15H2,1-3H3/t17?,20-,22?,26?/m1/s1. The van der Waals surface area contributed by atoms with Crippen molar-refractivity contribution in [3.8, 4) is 0 Å². The Morgan fingerprint density at radius 3 is 2.66 bits per heavy atom. The molecule has 1 saturated carbocycles. The number of pyridine rings is 1. The number of nitrogens with one attached hydrogen (secondary N) is 1. The van der Waals surface area contributed by atoms with Gasteiger partial charge in [0.25, 0.3) is 0 Å². The number of aryl methyl sites for hydroxylation is 1. The van der Waals surface area contributed by atoms with Crippen LogP contribution >= 0.6 is 0 Å². The third-order valence-corrected chi connectivity index (χ3v) is 7.99. The first-order valence-corrected chi connectivity index (χ1v) is 12.8. The van der Waals surface area contributed by atoms with Crippen LogP contribution in [0, 0.1) is 0 Å². The fourth-order valence-electron chi connectivity index (χ4n) is 5.69. The van der Waals surface area contributed by atoms with Crippen molar-refractivity contribution in [2.24, 2.45) is 7.05 Å². The molecule has 5 rings (SSSR count). The van der Waals surface area contributed by atoms with E-state index in [1.54, 1.807) is 20.4 Å². The zero-order valence-electron chi connectivity index (χ0n) is 21.7. The van der Waals surface area contributed by atoms with Crippen LogP contribution < -0.4 is 5.32 Å². The van der Waals surface area contributed by atoms with Gasteiger partial charge in [-0.1, -0.05) is 12.1 Å². The van der Waals surface area contributed by atoms with Crippen molar-refractivity contribution in [1.29, 1.82) is 0 Å². The number of rotatable bonds is 8. The third-order valence-electron chi connectivity index (χ3n) is 7.99. The third kappa shape index (κ3) is 5.01. The molecule has 0 spiro atoms. The molecule has 1 aromatic carbocycles.